The Kier molecular flexibility index (Phi) is 6.00. The fourth-order valence-electron chi connectivity index (χ4n) is 3.01. The summed E-state index contributed by atoms with van der Waals surface area (Å²) >= 11 is 0. The highest BCUT2D eigenvalue weighted by Crippen LogP contribution is 2.19. The maximum Gasteiger partial charge on any atom is 0.251 e. The summed E-state index contributed by atoms with van der Waals surface area (Å²) in [5.74, 6) is 1.66. The highest BCUT2D eigenvalue weighted by atomic mass is 16.1. The number of nitrogens with one attached hydrogen (secondary N) is 1. The van der Waals surface area contributed by atoms with E-state index in [0.717, 1.165) is 37.1 Å². The van der Waals surface area contributed by atoms with Crippen molar-refractivity contribution in [3.05, 3.63) is 60.2 Å². The molecule has 1 unspecified atom stereocenters. The quantitative estimate of drug-likeness (QED) is 0.628. The first-order valence-electron chi connectivity index (χ1n) is 9.31. The largest absolute Gasteiger partial charge is 0.352 e. The van der Waals surface area contributed by atoms with Crippen molar-refractivity contribution in [2.45, 2.75) is 39.7 Å². The van der Waals surface area contributed by atoms with Gasteiger partial charge in [-0.05, 0) is 36.6 Å². The van der Waals surface area contributed by atoms with Gasteiger partial charge in [-0.3, -0.25) is 9.78 Å². The molecule has 1 amide bonds. The fourth-order valence-corrected chi connectivity index (χ4v) is 3.01. The van der Waals surface area contributed by atoms with Gasteiger partial charge in [-0.25, -0.2) is 4.98 Å². The van der Waals surface area contributed by atoms with Crippen molar-refractivity contribution in [1.29, 1.82) is 0 Å². The van der Waals surface area contributed by atoms with Crippen molar-refractivity contribution >= 4 is 16.9 Å². The lowest BCUT2D eigenvalue weighted by Crippen LogP contribution is -2.25. The smallest absolute Gasteiger partial charge is 0.251 e. The van der Waals surface area contributed by atoms with Gasteiger partial charge in [-0.1, -0.05) is 32.4 Å². The molecule has 5 heteroatoms. The number of pyridine rings is 1. The normalized spacial score (nSPS) is 12.2. The van der Waals surface area contributed by atoms with Gasteiger partial charge in [0.1, 0.15) is 5.82 Å². The van der Waals surface area contributed by atoms with Crippen LogP contribution in [0.4, 0.5) is 0 Å². The minimum atomic E-state index is -0.0551. The Morgan fingerprint density at radius 3 is 2.73 bits per heavy atom. The number of fused-ring (bicyclic) bond motifs is 1. The van der Waals surface area contributed by atoms with Crippen LogP contribution < -0.4 is 5.32 Å². The molecular formula is C21H26N4O. The molecule has 3 aromatic rings. The lowest BCUT2D eigenvalue weighted by atomic mass is 10.1. The van der Waals surface area contributed by atoms with Gasteiger partial charge in [-0.2, -0.15) is 0 Å². The van der Waals surface area contributed by atoms with Crippen LogP contribution in [0.3, 0.4) is 0 Å². The van der Waals surface area contributed by atoms with Crippen LogP contribution in [0.5, 0.6) is 0 Å². The van der Waals surface area contributed by atoms with Crippen molar-refractivity contribution in [2.24, 2.45) is 5.92 Å². The Morgan fingerprint density at radius 1 is 1.19 bits per heavy atom. The lowest BCUT2D eigenvalue weighted by molar-refractivity contribution is 0.0953. The number of aryl methyl sites for hydroxylation is 1. The number of hydrogen-bond acceptors (Lipinski definition) is 3. The van der Waals surface area contributed by atoms with E-state index in [1.807, 2.05) is 6.07 Å². The number of aromatic nitrogens is 3. The van der Waals surface area contributed by atoms with E-state index in [-0.39, 0.29) is 5.91 Å². The predicted octanol–water partition coefficient (Wildman–Crippen LogP) is 3.84. The van der Waals surface area contributed by atoms with E-state index in [0.29, 0.717) is 18.0 Å². The molecule has 1 atom stereocenters. The first kappa shape index (κ1) is 18.1. The molecule has 0 spiro atoms. The van der Waals surface area contributed by atoms with Gasteiger partial charge in [0.15, 0.2) is 0 Å². The second kappa shape index (κ2) is 8.61. The van der Waals surface area contributed by atoms with Gasteiger partial charge in [0.25, 0.3) is 5.91 Å². The molecule has 0 aliphatic rings. The number of rotatable bonds is 8. The third-order valence-corrected chi connectivity index (χ3v) is 4.73. The van der Waals surface area contributed by atoms with Crippen LogP contribution in [0.25, 0.3) is 11.0 Å². The molecule has 0 saturated heterocycles. The van der Waals surface area contributed by atoms with Crippen LogP contribution in [-0.2, 0) is 13.0 Å². The van der Waals surface area contributed by atoms with Crippen molar-refractivity contribution < 1.29 is 4.79 Å². The van der Waals surface area contributed by atoms with Crippen LogP contribution in [0, 0.1) is 5.92 Å². The first-order chi connectivity index (χ1) is 12.7. The molecule has 0 saturated carbocycles. The fraction of sp³-hybridized carbons (Fsp3) is 0.381. The van der Waals surface area contributed by atoms with E-state index in [2.05, 4.69) is 46.9 Å². The molecule has 5 nitrogen and oxygen atoms in total. The maximum atomic E-state index is 12.1. The number of carbonyl (C=O) groups excluding carboxylic acids is 1. The summed E-state index contributed by atoms with van der Waals surface area (Å²) in [5, 5.41) is 2.97. The molecular weight excluding hydrogens is 324 g/mol. The molecule has 0 aliphatic heterocycles. The van der Waals surface area contributed by atoms with E-state index in [1.54, 1.807) is 24.5 Å². The third kappa shape index (κ3) is 4.28. The second-order valence-electron chi connectivity index (χ2n) is 6.74. The van der Waals surface area contributed by atoms with Crippen LogP contribution in [0.2, 0.25) is 0 Å². The van der Waals surface area contributed by atoms with E-state index >= 15 is 0 Å². The van der Waals surface area contributed by atoms with Crippen LogP contribution in [0.15, 0.2) is 48.8 Å². The average molecular weight is 350 g/mol. The summed E-state index contributed by atoms with van der Waals surface area (Å²) < 4.78 is 2.34. The Morgan fingerprint density at radius 2 is 1.96 bits per heavy atom. The summed E-state index contributed by atoms with van der Waals surface area (Å²) in [7, 11) is 0. The zero-order valence-corrected chi connectivity index (χ0v) is 15.5. The molecule has 0 fully saturated rings. The number of nitrogens with zero attached hydrogens (tertiary/aromatic N) is 3. The molecule has 26 heavy (non-hydrogen) atoms. The van der Waals surface area contributed by atoms with Crippen molar-refractivity contribution in [3.63, 3.8) is 0 Å². The molecule has 0 bridgehead atoms. The van der Waals surface area contributed by atoms with Crippen LogP contribution in [-0.4, -0.2) is 27.0 Å². The molecule has 2 aromatic heterocycles. The van der Waals surface area contributed by atoms with E-state index in [1.165, 1.54) is 5.52 Å². The van der Waals surface area contributed by atoms with Gasteiger partial charge in [0.2, 0.25) is 0 Å². The summed E-state index contributed by atoms with van der Waals surface area (Å²) in [4.78, 5) is 20.8. The summed E-state index contributed by atoms with van der Waals surface area (Å²) in [6.45, 7) is 6.11. The first-order valence-corrected chi connectivity index (χ1v) is 9.31. The SMILES string of the molecule is CCC(C)Cn1c(CCCNC(=O)c2ccncc2)nc2ccccc21. The average Bonchev–Trinajstić information content (AvgIpc) is 3.03. The van der Waals surface area contributed by atoms with Crippen LogP contribution in [0.1, 0.15) is 42.9 Å². The van der Waals surface area contributed by atoms with E-state index in [4.69, 9.17) is 4.98 Å². The topological polar surface area (TPSA) is 59.8 Å². The Bertz CT molecular complexity index is 857. The van der Waals surface area contributed by atoms with Gasteiger partial charge in [0, 0.05) is 37.5 Å². The number of amides is 1. The van der Waals surface area contributed by atoms with Crippen molar-refractivity contribution in [3.8, 4) is 0 Å². The third-order valence-electron chi connectivity index (χ3n) is 4.73. The number of imidazole rings is 1. The Hall–Kier alpha value is -2.69. The molecule has 2 heterocycles. The zero-order chi connectivity index (χ0) is 18.4. The Labute approximate surface area is 154 Å². The summed E-state index contributed by atoms with van der Waals surface area (Å²) in [5.41, 5.74) is 2.89. The van der Waals surface area contributed by atoms with Gasteiger partial charge in [0.05, 0.1) is 11.0 Å². The van der Waals surface area contributed by atoms with Gasteiger partial charge >= 0.3 is 0 Å². The van der Waals surface area contributed by atoms with E-state index < -0.39 is 0 Å². The molecule has 0 radical (unpaired) electrons. The maximum absolute atomic E-state index is 12.1. The number of para-hydroxylation sites is 2. The molecule has 1 N–H and O–H groups in total. The number of benzene rings is 1. The van der Waals surface area contributed by atoms with Gasteiger partial charge < -0.3 is 9.88 Å². The highest BCUT2D eigenvalue weighted by molar-refractivity contribution is 5.93. The zero-order valence-electron chi connectivity index (χ0n) is 15.5. The van der Waals surface area contributed by atoms with Gasteiger partial charge in [-0.15, -0.1) is 0 Å². The minimum Gasteiger partial charge on any atom is -0.352 e. The van der Waals surface area contributed by atoms with E-state index in [9.17, 15) is 4.79 Å². The van der Waals surface area contributed by atoms with Crippen LogP contribution >= 0.6 is 0 Å². The molecule has 3 rings (SSSR count). The number of hydrogen-bond donors (Lipinski definition) is 1. The minimum absolute atomic E-state index is 0.0551. The Balaban J connectivity index is 1.63. The predicted molar refractivity (Wildman–Crippen MR) is 104 cm³/mol. The molecule has 136 valence electrons. The monoisotopic (exact) mass is 350 g/mol. The van der Waals surface area contributed by atoms with Crippen molar-refractivity contribution in [1.82, 2.24) is 19.9 Å². The molecule has 0 aliphatic carbocycles. The number of carbonyl (C=O) groups is 1. The lowest BCUT2D eigenvalue weighted by Gasteiger charge is -2.14. The highest BCUT2D eigenvalue weighted by Gasteiger charge is 2.12. The van der Waals surface area contributed by atoms with Crippen molar-refractivity contribution in [2.75, 3.05) is 6.54 Å². The second-order valence-corrected chi connectivity index (χ2v) is 6.74. The molecule has 1 aromatic carbocycles. The summed E-state index contributed by atoms with van der Waals surface area (Å²) in [6, 6.07) is 11.7. The standard InChI is InChI=1S/C21H26N4O/c1-3-16(2)15-25-19-8-5-4-7-18(19)24-20(25)9-6-12-23-21(26)17-10-13-22-14-11-17/h4-5,7-8,10-11,13-14,16H,3,6,9,12,15H2,1-2H3,(H,23,26). The summed E-state index contributed by atoms with van der Waals surface area (Å²) in [6.07, 6.45) is 6.12.